The zero-order chi connectivity index (χ0) is 15.8. The van der Waals surface area contributed by atoms with Crippen LogP contribution in [0.1, 0.15) is 28.6 Å². The first-order chi connectivity index (χ1) is 11.2. The summed E-state index contributed by atoms with van der Waals surface area (Å²) in [5.41, 5.74) is 1.09. The van der Waals surface area contributed by atoms with Crippen molar-refractivity contribution in [3.05, 3.63) is 36.2 Å². The van der Waals surface area contributed by atoms with Crippen molar-refractivity contribution < 1.29 is 13.7 Å². The number of carbonyl (C=O) groups is 1. The van der Waals surface area contributed by atoms with E-state index in [1.54, 1.807) is 28.8 Å². The standard InChI is InChI=1S/C14H14N6O3/c1-9-15-13(23-17-9)12-7-20(18-16-12)11-2-4-19(6-11)14(21)10-3-5-22-8-10/h3,5,7-8,11H,2,4,6H2,1H3. The van der Waals surface area contributed by atoms with Crippen LogP contribution in [0, 0.1) is 6.92 Å². The third-order valence-electron chi connectivity index (χ3n) is 3.85. The Hall–Kier alpha value is -2.97. The lowest BCUT2D eigenvalue weighted by molar-refractivity contribution is 0.0786. The first-order valence-corrected chi connectivity index (χ1v) is 7.24. The molecule has 118 valence electrons. The second kappa shape index (κ2) is 5.34. The Morgan fingerprint density at radius 1 is 1.43 bits per heavy atom. The van der Waals surface area contributed by atoms with Crippen molar-refractivity contribution in [2.45, 2.75) is 19.4 Å². The molecule has 0 saturated carbocycles. The summed E-state index contributed by atoms with van der Waals surface area (Å²) in [6.45, 7) is 2.99. The summed E-state index contributed by atoms with van der Waals surface area (Å²) < 4.78 is 11.8. The highest BCUT2D eigenvalue weighted by atomic mass is 16.5. The summed E-state index contributed by atoms with van der Waals surface area (Å²) in [6, 6.07) is 1.75. The number of hydrogen-bond acceptors (Lipinski definition) is 7. The summed E-state index contributed by atoms with van der Waals surface area (Å²) in [6.07, 6.45) is 5.54. The molecule has 4 rings (SSSR count). The number of likely N-dealkylation sites (tertiary alicyclic amines) is 1. The van der Waals surface area contributed by atoms with Crippen molar-refractivity contribution in [3.8, 4) is 11.6 Å². The Morgan fingerprint density at radius 3 is 3.09 bits per heavy atom. The second-order valence-electron chi connectivity index (χ2n) is 5.44. The third kappa shape index (κ3) is 2.50. The van der Waals surface area contributed by atoms with Gasteiger partial charge in [0.05, 0.1) is 24.1 Å². The van der Waals surface area contributed by atoms with Crippen molar-refractivity contribution in [3.63, 3.8) is 0 Å². The van der Waals surface area contributed by atoms with Gasteiger partial charge in [-0.25, -0.2) is 4.68 Å². The molecule has 1 fully saturated rings. The average Bonchev–Trinajstić information content (AvgIpc) is 3.31. The molecule has 1 atom stereocenters. The van der Waals surface area contributed by atoms with Gasteiger partial charge in [0.15, 0.2) is 11.5 Å². The molecule has 1 amide bonds. The predicted octanol–water partition coefficient (Wildman–Crippen LogP) is 1.32. The third-order valence-corrected chi connectivity index (χ3v) is 3.85. The second-order valence-corrected chi connectivity index (χ2v) is 5.44. The number of aromatic nitrogens is 5. The van der Waals surface area contributed by atoms with Crippen LogP contribution < -0.4 is 0 Å². The van der Waals surface area contributed by atoms with E-state index >= 15 is 0 Å². The molecule has 1 saturated heterocycles. The maximum absolute atomic E-state index is 12.3. The van der Waals surface area contributed by atoms with Crippen LogP contribution in [0.3, 0.4) is 0 Å². The maximum atomic E-state index is 12.3. The monoisotopic (exact) mass is 314 g/mol. The fourth-order valence-electron chi connectivity index (χ4n) is 2.67. The van der Waals surface area contributed by atoms with Gasteiger partial charge < -0.3 is 13.8 Å². The molecule has 3 aromatic heterocycles. The normalized spacial score (nSPS) is 17.8. The van der Waals surface area contributed by atoms with Crippen LogP contribution in [0.15, 0.2) is 33.7 Å². The Morgan fingerprint density at radius 2 is 2.35 bits per heavy atom. The van der Waals surface area contributed by atoms with Gasteiger partial charge in [-0.1, -0.05) is 10.4 Å². The SMILES string of the molecule is Cc1noc(-c2cn(C3CCN(C(=O)c4ccoc4)C3)nn2)n1. The molecule has 9 heteroatoms. The maximum Gasteiger partial charge on any atom is 0.280 e. The topological polar surface area (TPSA) is 103 Å². The van der Waals surface area contributed by atoms with Gasteiger partial charge in [0, 0.05) is 13.1 Å². The van der Waals surface area contributed by atoms with E-state index in [1.807, 2.05) is 0 Å². The minimum atomic E-state index is -0.0332. The van der Waals surface area contributed by atoms with Crippen LogP contribution in [0.5, 0.6) is 0 Å². The molecule has 0 radical (unpaired) electrons. The average molecular weight is 314 g/mol. The van der Waals surface area contributed by atoms with Gasteiger partial charge in [-0.05, 0) is 19.4 Å². The summed E-state index contributed by atoms with van der Waals surface area (Å²) >= 11 is 0. The van der Waals surface area contributed by atoms with Gasteiger partial charge >= 0.3 is 0 Å². The molecule has 1 unspecified atom stereocenters. The molecule has 4 heterocycles. The fraction of sp³-hybridized carbons (Fsp3) is 0.357. The van der Waals surface area contributed by atoms with Crippen molar-refractivity contribution in [2.75, 3.05) is 13.1 Å². The van der Waals surface area contributed by atoms with Crippen LogP contribution in [0.2, 0.25) is 0 Å². The summed E-state index contributed by atoms with van der Waals surface area (Å²) in [4.78, 5) is 18.2. The smallest absolute Gasteiger partial charge is 0.280 e. The number of aryl methyl sites for hydroxylation is 1. The van der Waals surface area contributed by atoms with Crippen molar-refractivity contribution in [1.29, 1.82) is 0 Å². The van der Waals surface area contributed by atoms with E-state index in [1.165, 1.54) is 12.5 Å². The lowest BCUT2D eigenvalue weighted by atomic mass is 10.3. The van der Waals surface area contributed by atoms with Gasteiger partial charge in [-0.2, -0.15) is 4.98 Å². The Labute approximate surface area is 130 Å². The lowest BCUT2D eigenvalue weighted by Gasteiger charge is -2.15. The van der Waals surface area contributed by atoms with E-state index in [0.29, 0.717) is 36.1 Å². The Kier molecular flexibility index (Phi) is 3.18. The minimum absolute atomic E-state index is 0.0332. The molecule has 0 aliphatic carbocycles. The first kappa shape index (κ1) is 13.7. The van der Waals surface area contributed by atoms with Crippen LogP contribution in [-0.4, -0.2) is 49.0 Å². The van der Waals surface area contributed by atoms with E-state index in [0.717, 1.165) is 6.42 Å². The molecule has 9 nitrogen and oxygen atoms in total. The molecule has 0 spiro atoms. The molecule has 23 heavy (non-hydrogen) atoms. The number of hydrogen-bond donors (Lipinski definition) is 0. The highest BCUT2D eigenvalue weighted by Gasteiger charge is 2.29. The van der Waals surface area contributed by atoms with E-state index < -0.39 is 0 Å². The van der Waals surface area contributed by atoms with Gasteiger partial charge in [0.2, 0.25) is 0 Å². The van der Waals surface area contributed by atoms with Crippen molar-refractivity contribution in [1.82, 2.24) is 30.0 Å². The zero-order valence-electron chi connectivity index (χ0n) is 12.4. The molecule has 3 aromatic rings. The fourth-order valence-corrected chi connectivity index (χ4v) is 2.67. The molecular formula is C14H14N6O3. The number of rotatable bonds is 3. The quantitative estimate of drug-likeness (QED) is 0.718. The molecule has 0 bridgehead atoms. The van der Waals surface area contributed by atoms with Gasteiger partial charge in [0.1, 0.15) is 6.26 Å². The van der Waals surface area contributed by atoms with Gasteiger partial charge in [-0.3, -0.25) is 4.79 Å². The van der Waals surface area contributed by atoms with E-state index in [-0.39, 0.29) is 11.9 Å². The molecule has 1 aliphatic rings. The number of furan rings is 1. The minimum Gasteiger partial charge on any atom is -0.472 e. The number of amides is 1. The molecule has 0 aromatic carbocycles. The van der Waals surface area contributed by atoms with Crippen LogP contribution in [0.4, 0.5) is 0 Å². The Balaban J connectivity index is 1.48. The van der Waals surface area contributed by atoms with E-state index in [2.05, 4.69) is 20.5 Å². The summed E-state index contributed by atoms with van der Waals surface area (Å²) in [5, 5.41) is 11.9. The number of nitrogens with zero attached hydrogens (tertiary/aromatic N) is 6. The highest BCUT2D eigenvalue weighted by molar-refractivity contribution is 5.94. The van der Waals surface area contributed by atoms with E-state index in [9.17, 15) is 4.79 Å². The summed E-state index contributed by atoms with van der Waals surface area (Å²) in [7, 11) is 0. The van der Waals surface area contributed by atoms with Crippen molar-refractivity contribution in [2.24, 2.45) is 0 Å². The van der Waals surface area contributed by atoms with Gasteiger partial charge in [-0.15, -0.1) is 5.10 Å². The van der Waals surface area contributed by atoms with Gasteiger partial charge in [0.25, 0.3) is 11.8 Å². The van der Waals surface area contributed by atoms with Crippen molar-refractivity contribution >= 4 is 5.91 Å². The largest absolute Gasteiger partial charge is 0.472 e. The van der Waals surface area contributed by atoms with Crippen LogP contribution in [-0.2, 0) is 0 Å². The number of carbonyl (C=O) groups excluding carboxylic acids is 1. The van der Waals surface area contributed by atoms with Crippen LogP contribution in [0.25, 0.3) is 11.6 Å². The predicted molar refractivity (Wildman–Crippen MR) is 76.3 cm³/mol. The zero-order valence-corrected chi connectivity index (χ0v) is 12.4. The first-order valence-electron chi connectivity index (χ1n) is 7.24. The molecular weight excluding hydrogens is 300 g/mol. The summed E-state index contributed by atoms with van der Waals surface area (Å²) in [5.74, 6) is 0.861. The molecule has 0 N–H and O–H groups in total. The van der Waals surface area contributed by atoms with Crippen LogP contribution >= 0.6 is 0 Å². The highest BCUT2D eigenvalue weighted by Crippen LogP contribution is 2.24. The lowest BCUT2D eigenvalue weighted by Crippen LogP contribution is -2.28. The molecule has 1 aliphatic heterocycles. The van der Waals surface area contributed by atoms with E-state index in [4.69, 9.17) is 8.94 Å². The Bertz CT molecular complexity index is 821.